The van der Waals surface area contributed by atoms with E-state index in [0.29, 0.717) is 18.8 Å². The number of anilines is 1. The highest BCUT2D eigenvalue weighted by Crippen LogP contribution is 2.44. The number of fused-ring (bicyclic) bond motifs is 3. The van der Waals surface area contributed by atoms with Crippen LogP contribution in [0.25, 0.3) is 11.1 Å². The number of carbonyl (C=O) groups is 2. The Morgan fingerprint density at radius 3 is 2.29 bits per heavy atom. The van der Waals surface area contributed by atoms with Gasteiger partial charge in [-0.05, 0) is 33.9 Å². The van der Waals surface area contributed by atoms with Crippen molar-refractivity contribution >= 4 is 17.9 Å². The molecule has 1 aliphatic heterocycles. The number of carboxylic acids is 1. The Hall–Kier alpha value is -3.91. The Morgan fingerprint density at radius 2 is 1.69 bits per heavy atom. The Balaban J connectivity index is 1.20. The third-order valence-electron chi connectivity index (χ3n) is 6.52. The van der Waals surface area contributed by atoms with Crippen LogP contribution < -0.4 is 10.2 Å². The quantitative estimate of drug-likeness (QED) is 0.542. The number of nitrogens with one attached hydrogen (secondary N) is 1. The predicted molar refractivity (Wildman–Crippen MR) is 131 cm³/mol. The number of hydrogen-bond acceptors (Lipinski definition) is 6. The molecule has 1 atom stereocenters. The van der Waals surface area contributed by atoms with E-state index in [9.17, 15) is 14.7 Å². The van der Waals surface area contributed by atoms with E-state index >= 15 is 0 Å². The van der Waals surface area contributed by atoms with E-state index in [4.69, 9.17) is 9.47 Å². The van der Waals surface area contributed by atoms with Crippen LogP contribution in [0, 0.1) is 0 Å². The summed E-state index contributed by atoms with van der Waals surface area (Å²) in [6.07, 6.45) is 1.01. The van der Waals surface area contributed by atoms with E-state index in [2.05, 4.69) is 27.3 Å². The first-order chi connectivity index (χ1) is 17.1. The van der Waals surface area contributed by atoms with Gasteiger partial charge in [0, 0.05) is 31.6 Å². The highest BCUT2D eigenvalue weighted by atomic mass is 16.5. The lowest BCUT2D eigenvalue weighted by atomic mass is 9.98. The van der Waals surface area contributed by atoms with Crippen molar-refractivity contribution in [3.63, 3.8) is 0 Å². The van der Waals surface area contributed by atoms with E-state index < -0.39 is 18.1 Å². The molecule has 2 N–H and O–H groups in total. The van der Waals surface area contributed by atoms with Crippen LogP contribution in [0.4, 0.5) is 10.6 Å². The summed E-state index contributed by atoms with van der Waals surface area (Å²) in [6.45, 7) is 2.99. The van der Waals surface area contributed by atoms with Crippen LogP contribution in [0.3, 0.4) is 0 Å². The number of aliphatic carboxylic acids is 1. The van der Waals surface area contributed by atoms with Crippen LogP contribution >= 0.6 is 0 Å². The van der Waals surface area contributed by atoms with E-state index in [1.54, 1.807) is 6.20 Å². The second kappa shape index (κ2) is 10.1. The third-order valence-corrected chi connectivity index (χ3v) is 6.52. The highest BCUT2D eigenvalue weighted by molar-refractivity contribution is 5.81. The summed E-state index contributed by atoms with van der Waals surface area (Å²) in [5.74, 6) is -0.391. The number of carbonyl (C=O) groups excluding carboxylic acids is 1. The van der Waals surface area contributed by atoms with Crippen LogP contribution in [-0.4, -0.2) is 61.1 Å². The molecular weight excluding hydrogens is 446 g/mol. The van der Waals surface area contributed by atoms with Crippen LogP contribution in [-0.2, 0) is 20.7 Å². The summed E-state index contributed by atoms with van der Waals surface area (Å²) in [4.78, 5) is 31.0. The number of hydrogen-bond donors (Lipinski definition) is 2. The molecule has 2 aromatic carbocycles. The number of alkyl carbamates (subject to hydrolysis) is 1. The van der Waals surface area contributed by atoms with Crippen molar-refractivity contribution in [2.75, 3.05) is 37.8 Å². The Bertz CT molecular complexity index is 1160. The summed E-state index contributed by atoms with van der Waals surface area (Å²) in [6, 6.07) is 18.7. The summed E-state index contributed by atoms with van der Waals surface area (Å²) in [5.41, 5.74) is 5.18. The van der Waals surface area contributed by atoms with Crippen molar-refractivity contribution in [3.05, 3.63) is 83.6 Å². The van der Waals surface area contributed by atoms with Gasteiger partial charge in [-0.3, -0.25) is 0 Å². The fraction of sp³-hybridized carbons (Fsp3) is 0.296. The second-order valence-electron chi connectivity index (χ2n) is 8.69. The predicted octanol–water partition coefficient (Wildman–Crippen LogP) is 3.45. The summed E-state index contributed by atoms with van der Waals surface area (Å²) in [5, 5.41) is 12.2. The van der Waals surface area contributed by atoms with Gasteiger partial charge in [-0.2, -0.15) is 0 Å². The smallest absolute Gasteiger partial charge is 0.407 e. The summed E-state index contributed by atoms with van der Waals surface area (Å²) >= 11 is 0. The number of benzene rings is 2. The Labute approximate surface area is 203 Å². The van der Waals surface area contributed by atoms with Gasteiger partial charge >= 0.3 is 12.1 Å². The topological polar surface area (TPSA) is 101 Å². The zero-order valence-corrected chi connectivity index (χ0v) is 19.2. The molecule has 0 unspecified atom stereocenters. The lowest BCUT2D eigenvalue weighted by Crippen LogP contribution is -2.43. The molecule has 0 spiro atoms. The van der Waals surface area contributed by atoms with Crippen molar-refractivity contribution < 1.29 is 24.2 Å². The first kappa shape index (κ1) is 22.9. The molecule has 2 aliphatic rings. The largest absolute Gasteiger partial charge is 0.480 e. The van der Waals surface area contributed by atoms with Gasteiger partial charge in [0.25, 0.3) is 0 Å². The molecule has 0 saturated carbocycles. The molecule has 180 valence electrons. The maximum absolute atomic E-state index is 12.6. The summed E-state index contributed by atoms with van der Waals surface area (Å²) in [7, 11) is 0. The van der Waals surface area contributed by atoms with E-state index in [1.165, 1.54) is 0 Å². The number of aromatic nitrogens is 1. The molecule has 1 fully saturated rings. The molecule has 1 amide bonds. The van der Waals surface area contributed by atoms with Crippen molar-refractivity contribution in [2.24, 2.45) is 0 Å². The molecule has 3 aromatic rings. The van der Waals surface area contributed by atoms with Gasteiger partial charge in [0.05, 0.1) is 13.2 Å². The first-order valence-corrected chi connectivity index (χ1v) is 11.7. The molecule has 1 aromatic heterocycles. The number of morpholine rings is 1. The maximum Gasteiger partial charge on any atom is 0.407 e. The van der Waals surface area contributed by atoms with Gasteiger partial charge in [-0.15, -0.1) is 0 Å². The van der Waals surface area contributed by atoms with Gasteiger partial charge in [-0.25, -0.2) is 14.6 Å². The minimum atomic E-state index is -1.13. The van der Waals surface area contributed by atoms with E-state index in [1.807, 2.05) is 48.5 Å². The van der Waals surface area contributed by atoms with Gasteiger partial charge in [0.1, 0.15) is 18.5 Å². The lowest BCUT2D eigenvalue weighted by Gasteiger charge is -2.27. The summed E-state index contributed by atoms with van der Waals surface area (Å²) < 4.78 is 10.9. The van der Waals surface area contributed by atoms with Crippen molar-refractivity contribution in [1.82, 2.24) is 10.3 Å². The minimum Gasteiger partial charge on any atom is -0.480 e. The molecular formula is C27H27N3O5. The molecule has 8 heteroatoms. The fourth-order valence-electron chi connectivity index (χ4n) is 4.74. The number of rotatable bonds is 7. The molecule has 1 saturated heterocycles. The third kappa shape index (κ3) is 4.97. The van der Waals surface area contributed by atoms with Crippen LogP contribution in [0.15, 0.2) is 66.9 Å². The normalized spacial score (nSPS) is 15.7. The standard InChI is InChI=1S/C27H27N3O5/c31-26(32)24(15-18-9-10-25(28-16-18)30-11-13-34-14-12-30)29-27(33)35-17-23-21-7-3-1-5-19(21)20-6-2-4-8-22(20)23/h1-10,16,23-24H,11-15,17H2,(H,29,33)(H,31,32)/t24-/m0/s1. The number of ether oxygens (including phenoxy) is 2. The van der Waals surface area contributed by atoms with Gasteiger partial charge < -0.3 is 24.8 Å². The van der Waals surface area contributed by atoms with Crippen molar-refractivity contribution in [3.8, 4) is 11.1 Å². The minimum absolute atomic E-state index is 0.0895. The average Bonchev–Trinajstić information content (AvgIpc) is 3.21. The number of nitrogens with zero attached hydrogens (tertiary/aromatic N) is 2. The number of amides is 1. The van der Waals surface area contributed by atoms with Crippen LogP contribution in [0.2, 0.25) is 0 Å². The van der Waals surface area contributed by atoms with Crippen molar-refractivity contribution in [1.29, 1.82) is 0 Å². The molecule has 1 aliphatic carbocycles. The monoisotopic (exact) mass is 473 g/mol. The van der Waals surface area contributed by atoms with E-state index in [-0.39, 0.29) is 18.9 Å². The highest BCUT2D eigenvalue weighted by Gasteiger charge is 2.30. The second-order valence-corrected chi connectivity index (χ2v) is 8.69. The Kier molecular flexibility index (Phi) is 6.63. The average molecular weight is 474 g/mol. The van der Waals surface area contributed by atoms with Crippen LogP contribution in [0.5, 0.6) is 0 Å². The molecule has 5 rings (SSSR count). The van der Waals surface area contributed by atoms with Crippen LogP contribution in [0.1, 0.15) is 22.6 Å². The zero-order chi connectivity index (χ0) is 24.2. The SMILES string of the molecule is O=C(N[C@@H](Cc1ccc(N2CCOCC2)nc1)C(=O)O)OCC1c2ccccc2-c2ccccc21. The van der Waals surface area contributed by atoms with Gasteiger partial charge in [0.2, 0.25) is 0 Å². The molecule has 35 heavy (non-hydrogen) atoms. The van der Waals surface area contributed by atoms with Crippen molar-refractivity contribution in [2.45, 2.75) is 18.4 Å². The number of carboxylic acid groups (broad SMARTS) is 1. The number of pyridine rings is 1. The molecule has 0 radical (unpaired) electrons. The lowest BCUT2D eigenvalue weighted by molar-refractivity contribution is -0.139. The first-order valence-electron chi connectivity index (χ1n) is 11.7. The molecule has 8 nitrogen and oxygen atoms in total. The van der Waals surface area contributed by atoms with E-state index in [0.717, 1.165) is 41.2 Å². The molecule has 0 bridgehead atoms. The molecule has 2 heterocycles. The van der Waals surface area contributed by atoms with Gasteiger partial charge in [-0.1, -0.05) is 54.6 Å². The zero-order valence-electron chi connectivity index (χ0n) is 19.2. The van der Waals surface area contributed by atoms with Gasteiger partial charge in [0.15, 0.2) is 0 Å². The Morgan fingerprint density at radius 1 is 1.03 bits per heavy atom. The maximum atomic E-state index is 12.6. The fourth-order valence-corrected chi connectivity index (χ4v) is 4.74.